The average molecular weight is 123 g/mol. The molecule has 0 atom stereocenters. The van der Waals surface area contributed by atoms with Gasteiger partial charge in [-0.25, -0.2) is 0 Å². The first-order valence-corrected chi connectivity index (χ1v) is 3.59. The van der Waals surface area contributed by atoms with E-state index in [0.29, 0.717) is 0 Å². The first kappa shape index (κ1) is 8.52. The summed E-state index contributed by atoms with van der Waals surface area (Å²) in [5.74, 6) is 0. The number of hydrogen-bond donors (Lipinski definition) is 0. The summed E-state index contributed by atoms with van der Waals surface area (Å²) >= 11 is 0. The SMILES string of the molecule is C=C=C[CH]CCCCC. The Labute approximate surface area is 58.3 Å². The molecule has 0 aromatic carbocycles. The van der Waals surface area contributed by atoms with Crippen LogP contribution in [-0.4, -0.2) is 0 Å². The van der Waals surface area contributed by atoms with Crippen molar-refractivity contribution in [3.63, 3.8) is 0 Å². The molecular weight excluding hydrogens is 108 g/mol. The normalized spacial score (nSPS) is 8.56. The number of allylic oxidation sites excluding steroid dienone is 1. The summed E-state index contributed by atoms with van der Waals surface area (Å²) in [7, 11) is 0. The molecule has 0 aliphatic rings. The van der Waals surface area contributed by atoms with E-state index in [0.717, 1.165) is 0 Å². The van der Waals surface area contributed by atoms with Crippen molar-refractivity contribution in [2.75, 3.05) is 0 Å². The van der Waals surface area contributed by atoms with E-state index in [-0.39, 0.29) is 0 Å². The molecule has 0 unspecified atom stereocenters. The van der Waals surface area contributed by atoms with Crippen molar-refractivity contribution in [2.45, 2.75) is 32.6 Å². The van der Waals surface area contributed by atoms with Crippen LogP contribution in [0.5, 0.6) is 0 Å². The van der Waals surface area contributed by atoms with E-state index in [1.807, 2.05) is 6.08 Å². The minimum absolute atomic E-state index is 1.18. The highest BCUT2D eigenvalue weighted by Crippen LogP contribution is 2.00. The van der Waals surface area contributed by atoms with E-state index >= 15 is 0 Å². The van der Waals surface area contributed by atoms with Gasteiger partial charge in [-0.2, -0.15) is 0 Å². The van der Waals surface area contributed by atoms with Gasteiger partial charge in [0.15, 0.2) is 0 Å². The van der Waals surface area contributed by atoms with E-state index in [1.165, 1.54) is 25.7 Å². The lowest BCUT2D eigenvalue weighted by Gasteiger charge is -1.91. The third kappa shape index (κ3) is 7.52. The van der Waals surface area contributed by atoms with Gasteiger partial charge in [0.2, 0.25) is 0 Å². The van der Waals surface area contributed by atoms with E-state index in [1.54, 1.807) is 0 Å². The zero-order chi connectivity index (χ0) is 6.95. The maximum atomic E-state index is 3.47. The lowest BCUT2D eigenvalue weighted by Crippen LogP contribution is -1.73. The van der Waals surface area contributed by atoms with Crippen molar-refractivity contribution in [3.05, 3.63) is 24.8 Å². The Bertz CT molecular complexity index is 86.2. The molecule has 0 aromatic rings. The summed E-state index contributed by atoms with van der Waals surface area (Å²) in [4.78, 5) is 0. The third-order valence-corrected chi connectivity index (χ3v) is 1.21. The van der Waals surface area contributed by atoms with E-state index in [2.05, 4.69) is 25.7 Å². The second kappa shape index (κ2) is 7.52. The molecule has 1 radical (unpaired) electrons. The Hall–Kier alpha value is -0.480. The molecule has 0 bridgehead atoms. The van der Waals surface area contributed by atoms with Gasteiger partial charge in [0, 0.05) is 0 Å². The maximum Gasteiger partial charge on any atom is -0.00886 e. The first-order valence-electron chi connectivity index (χ1n) is 3.59. The molecule has 0 heterocycles. The fourth-order valence-corrected chi connectivity index (χ4v) is 0.679. The summed E-state index contributed by atoms with van der Waals surface area (Å²) in [5, 5.41) is 0. The second-order valence-electron chi connectivity index (χ2n) is 2.10. The Morgan fingerprint density at radius 3 is 2.78 bits per heavy atom. The van der Waals surface area contributed by atoms with Gasteiger partial charge in [0.25, 0.3) is 0 Å². The largest absolute Gasteiger partial charge is 0.133 e. The molecule has 0 saturated carbocycles. The van der Waals surface area contributed by atoms with Gasteiger partial charge in [-0.1, -0.05) is 32.8 Å². The fourth-order valence-electron chi connectivity index (χ4n) is 0.679. The van der Waals surface area contributed by atoms with Crippen LogP contribution < -0.4 is 0 Å². The maximum absolute atomic E-state index is 3.47. The number of hydrogen-bond acceptors (Lipinski definition) is 0. The monoisotopic (exact) mass is 123 g/mol. The highest BCUT2D eigenvalue weighted by atomic mass is 13.9. The molecule has 0 rings (SSSR count). The summed E-state index contributed by atoms with van der Waals surface area (Å²) < 4.78 is 0. The number of rotatable bonds is 5. The summed E-state index contributed by atoms with van der Waals surface area (Å²) in [6.07, 6.45) is 9.11. The average Bonchev–Trinajstić information content (AvgIpc) is 1.89. The predicted octanol–water partition coefficient (Wildman–Crippen LogP) is 3.11. The molecule has 0 spiro atoms. The van der Waals surface area contributed by atoms with Gasteiger partial charge in [-0.05, 0) is 18.9 Å². The molecule has 0 aliphatic carbocycles. The molecule has 0 fully saturated rings. The predicted molar refractivity (Wildman–Crippen MR) is 42.2 cm³/mol. The van der Waals surface area contributed by atoms with Crippen molar-refractivity contribution in [1.82, 2.24) is 0 Å². The molecule has 51 valence electrons. The first-order chi connectivity index (χ1) is 4.41. The van der Waals surface area contributed by atoms with Crippen molar-refractivity contribution < 1.29 is 0 Å². The molecular formula is C9H15. The van der Waals surface area contributed by atoms with Crippen molar-refractivity contribution in [2.24, 2.45) is 0 Å². The van der Waals surface area contributed by atoms with Crippen molar-refractivity contribution in [1.29, 1.82) is 0 Å². The second-order valence-corrected chi connectivity index (χ2v) is 2.10. The molecule has 0 aromatic heterocycles. The van der Waals surface area contributed by atoms with Crippen molar-refractivity contribution >= 4 is 0 Å². The summed E-state index contributed by atoms with van der Waals surface area (Å²) in [6, 6.07) is 0. The van der Waals surface area contributed by atoms with Gasteiger partial charge in [-0.15, -0.1) is 5.73 Å². The van der Waals surface area contributed by atoms with Crippen LogP contribution in [0.3, 0.4) is 0 Å². The topological polar surface area (TPSA) is 0 Å². The fraction of sp³-hybridized carbons (Fsp3) is 0.556. The molecule has 9 heavy (non-hydrogen) atoms. The van der Waals surface area contributed by atoms with Crippen LogP contribution in [-0.2, 0) is 0 Å². The smallest absolute Gasteiger partial charge is 0.00886 e. The van der Waals surface area contributed by atoms with Crippen LogP contribution in [0.25, 0.3) is 0 Å². The van der Waals surface area contributed by atoms with Gasteiger partial charge in [0.1, 0.15) is 0 Å². The Morgan fingerprint density at radius 1 is 1.44 bits per heavy atom. The van der Waals surface area contributed by atoms with Crippen LogP contribution >= 0.6 is 0 Å². The van der Waals surface area contributed by atoms with E-state index < -0.39 is 0 Å². The summed E-state index contributed by atoms with van der Waals surface area (Å²) in [5.41, 5.74) is 2.71. The van der Waals surface area contributed by atoms with Gasteiger partial charge < -0.3 is 0 Å². The number of unbranched alkanes of at least 4 members (excludes halogenated alkanes) is 4. The lowest BCUT2D eigenvalue weighted by atomic mass is 10.1. The van der Waals surface area contributed by atoms with Gasteiger partial charge in [-0.3, -0.25) is 0 Å². The zero-order valence-electron chi connectivity index (χ0n) is 6.19. The Morgan fingerprint density at radius 2 is 2.22 bits per heavy atom. The summed E-state index contributed by atoms with van der Waals surface area (Å²) in [6.45, 7) is 5.68. The molecule has 0 nitrogen and oxygen atoms in total. The third-order valence-electron chi connectivity index (χ3n) is 1.21. The molecule has 0 amide bonds. The minimum Gasteiger partial charge on any atom is -0.133 e. The standard InChI is InChI=1S/C9H15/c1-3-5-7-9-8-6-4-2/h5,7H,1,4,6,8-9H2,2H3. The van der Waals surface area contributed by atoms with E-state index in [9.17, 15) is 0 Å². The molecule has 0 N–H and O–H groups in total. The highest BCUT2D eigenvalue weighted by molar-refractivity contribution is 4.90. The van der Waals surface area contributed by atoms with Gasteiger partial charge >= 0.3 is 0 Å². The quantitative estimate of drug-likeness (QED) is 0.389. The highest BCUT2D eigenvalue weighted by Gasteiger charge is 1.82. The molecule has 0 aliphatic heterocycles. The van der Waals surface area contributed by atoms with E-state index in [4.69, 9.17) is 0 Å². The van der Waals surface area contributed by atoms with Crippen LogP contribution in [0.1, 0.15) is 32.6 Å². The molecule has 0 saturated heterocycles. The van der Waals surface area contributed by atoms with Crippen LogP contribution in [0, 0.1) is 6.42 Å². The Kier molecular flexibility index (Phi) is 7.12. The zero-order valence-corrected chi connectivity index (χ0v) is 6.19. The lowest BCUT2D eigenvalue weighted by molar-refractivity contribution is 0.717. The minimum atomic E-state index is 1.18. The Balaban J connectivity index is 2.82. The van der Waals surface area contributed by atoms with Crippen LogP contribution in [0.2, 0.25) is 0 Å². The molecule has 0 heteroatoms. The van der Waals surface area contributed by atoms with Gasteiger partial charge in [0.05, 0.1) is 0 Å². The van der Waals surface area contributed by atoms with Crippen molar-refractivity contribution in [3.8, 4) is 0 Å². The van der Waals surface area contributed by atoms with Crippen LogP contribution in [0.15, 0.2) is 18.4 Å². The van der Waals surface area contributed by atoms with Crippen LogP contribution in [0.4, 0.5) is 0 Å².